The first-order valence-electron chi connectivity index (χ1n) is 13.4. The van der Waals surface area contributed by atoms with Crippen LogP contribution in [0.1, 0.15) is 46.5 Å². The van der Waals surface area contributed by atoms with Gasteiger partial charge in [-0.2, -0.15) is 0 Å². The number of rotatable bonds is 5. The molecule has 0 radical (unpaired) electrons. The van der Waals surface area contributed by atoms with Gasteiger partial charge in [-0.3, -0.25) is 4.79 Å². The summed E-state index contributed by atoms with van der Waals surface area (Å²) in [5.74, 6) is 0.992. The predicted molar refractivity (Wildman–Crippen MR) is 136 cm³/mol. The van der Waals surface area contributed by atoms with E-state index in [4.69, 9.17) is 9.47 Å². The number of hydrogen-bond acceptors (Lipinski definition) is 8. The number of allylic oxidation sites excluding steroid dienone is 1. The summed E-state index contributed by atoms with van der Waals surface area (Å²) in [6.45, 7) is 7.11. The maximum Gasteiger partial charge on any atom is 0.240 e. The maximum absolute atomic E-state index is 13.6. The summed E-state index contributed by atoms with van der Waals surface area (Å²) in [6, 6.07) is -1.17. The van der Waals surface area contributed by atoms with Gasteiger partial charge in [-0.05, 0) is 49.4 Å². The van der Waals surface area contributed by atoms with E-state index >= 15 is 0 Å². The molecule has 0 aliphatic carbocycles. The Hall–Kier alpha value is -0.750. The quantitative estimate of drug-likeness (QED) is 0.338. The van der Waals surface area contributed by atoms with Crippen molar-refractivity contribution in [1.82, 2.24) is 10.6 Å². The fraction of sp³-hybridized carbons (Fsp3) is 0.885. The third-order valence-electron chi connectivity index (χ3n) is 8.13. The van der Waals surface area contributed by atoms with Crippen LogP contribution in [0.3, 0.4) is 0 Å². The number of halogens is 1. The average molecular weight is 531 g/mol. The Morgan fingerprint density at radius 3 is 2.72 bits per heavy atom. The lowest BCUT2D eigenvalue weighted by atomic mass is 9.85. The Bertz CT molecular complexity index is 775. The number of thioether (sulfide) groups is 1. The van der Waals surface area contributed by atoms with E-state index in [9.17, 15) is 24.5 Å². The summed E-state index contributed by atoms with van der Waals surface area (Å²) >= 11 is 1.11. The van der Waals surface area contributed by atoms with Crippen LogP contribution in [-0.2, 0) is 14.3 Å². The minimum atomic E-state index is -1.46. The second-order valence-electron chi connectivity index (χ2n) is 11.4. The minimum Gasteiger partial charge on any atom is -0.388 e. The smallest absolute Gasteiger partial charge is 0.240 e. The van der Waals surface area contributed by atoms with Gasteiger partial charge in [0.25, 0.3) is 0 Å². The van der Waals surface area contributed by atoms with Crippen molar-refractivity contribution in [3.8, 4) is 0 Å². The first-order valence-corrected chi connectivity index (χ1v) is 14.4. The van der Waals surface area contributed by atoms with Crippen molar-refractivity contribution in [2.24, 2.45) is 23.7 Å². The highest BCUT2D eigenvalue weighted by Crippen LogP contribution is 2.37. The van der Waals surface area contributed by atoms with Gasteiger partial charge in [-0.25, -0.2) is 4.39 Å². The van der Waals surface area contributed by atoms with E-state index in [0.717, 1.165) is 31.0 Å². The molecule has 8 nitrogen and oxygen atoms in total. The molecule has 4 aliphatic heterocycles. The molecule has 5 N–H and O–H groups in total. The molecular weight excluding hydrogens is 487 g/mol. The second-order valence-corrected chi connectivity index (χ2v) is 12.8. The summed E-state index contributed by atoms with van der Waals surface area (Å²) in [5, 5.41) is 37.9. The zero-order valence-corrected chi connectivity index (χ0v) is 22.3. The fourth-order valence-corrected chi connectivity index (χ4v) is 7.42. The summed E-state index contributed by atoms with van der Waals surface area (Å²) in [6.07, 6.45) is 1.98. The molecule has 6 unspecified atom stereocenters. The number of carbonyl (C=O) groups is 1. The molecule has 3 saturated heterocycles. The third-order valence-corrected chi connectivity index (χ3v) is 9.49. The molecule has 0 aromatic heterocycles. The van der Waals surface area contributed by atoms with Crippen LogP contribution in [0.5, 0.6) is 0 Å². The molecule has 3 fully saturated rings. The topological polar surface area (TPSA) is 120 Å². The SMILES string of the molecule is CC(C)C[C@@H]1CCO[C@H]2C(C(=O)N[C@H]3C4OC(S[C@H](CF)C/C=C\[C@H]3C)C(O)C(O)C4O)NC[C@@H]2C1. The van der Waals surface area contributed by atoms with Crippen LogP contribution < -0.4 is 10.6 Å². The lowest BCUT2D eigenvalue weighted by molar-refractivity contribution is -0.207. The number of ether oxygens (including phenoxy) is 2. The van der Waals surface area contributed by atoms with Crippen molar-refractivity contribution in [3.63, 3.8) is 0 Å². The van der Waals surface area contributed by atoms with Gasteiger partial charge >= 0.3 is 0 Å². The first-order chi connectivity index (χ1) is 17.2. The number of aliphatic hydroxyl groups excluding tert-OH is 3. The molecule has 206 valence electrons. The van der Waals surface area contributed by atoms with E-state index in [0.29, 0.717) is 31.4 Å². The van der Waals surface area contributed by atoms with E-state index < -0.39 is 53.9 Å². The molecule has 2 bridgehead atoms. The zero-order valence-electron chi connectivity index (χ0n) is 21.5. The molecule has 1 amide bonds. The lowest BCUT2D eigenvalue weighted by Gasteiger charge is -2.45. The highest BCUT2D eigenvalue weighted by molar-refractivity contribution is 8.00. The molecule has 4 aliphatic rings. The minimum absolute atomic E-state index is 0.217. The van der Waals surface area contributed by atoms with Gasteiger partial charge < -0.3 is 35.4 Å². The van der Waals surface area contributed by atoms with E-state index in [1.807, 2.05) is 19.1 Å². The molecule has 0 saturated carbocycles. The average Bonchev–Trinajstić information content (AvgIpc) is 3.13. The van der Waals surface area contributed by atoms with Gasteiger partial charge in [0, 0.05) is 18.4 Å². The number of nitrogens with one attached hydrogen (secondary N) is 2. The van der Waals surface area contributed by atoms with E-state index in [1.54, 1.807) is 0 Å². The van der Waals surface area contributed by atoms with Crippen molar-refractivity contribution in [3.05, 3.63) is 12.2 Å². The Kier molecular flexibility index (Phi) is 9.74. The Balaban J connectivity index is 1.50. The highest BCUT2D eigenvalue weighted by atomic mass is 32.2. The molecule has 4 rings (SSSR count). The van der Waals surface area contributed by atoms with Crippen molar-refractivity contribution in [2.45, 2.75) is 99.7 Å². The molecule has 10 heteroatoms. The van der Waals surface area contributed by atoms with Gasteiger partial charge in [0.15, 0.2) is 0 Å². The number of fused-ring (bicyclic) bond motifs is 3. The van der Waals surface area contributed by atoms with E-state index in [-0.39, 0.29) is 23.8 Å². The molecule has 0 aromatic rings. The van der Waals surface area contributed by atoms with Crippen LogP contribution in [0.25, 0.3) is 0 Å². The fourth-order valence-electron chi connectivity index (χ4n) is 6.23. The van der Waals surface area contributed by atoms with Crippen molar-refractivity contribution in [1.29, 1.82) is 0 Å². The largest absolute Gasteiger partial charge is 0.388 e. The molecule has 4 heterocycles. The second kappa shape index (κ2) is 12.4. The first kappa shape index (κ1) is 28.3. The van der Waals surface area contributed by atoms with Crippen LogP contribution in [0.2, 0.25) is 0 Å². The van der Waals surface area contributed by atoms with Gasteiger partial charge in [0.2, 0.25) is 5.91 Å². The van der Waals surface area contributed by atoms with Gasteiger partial charge in [0.1, 0.15) is 42.6 Å². The maximum atomic E-state index is 13.6. The van der Waals surface area contributed by atoms with Crippen LogP contribution in [0.15, 0.2) is 12.2 Å². The molecule has 12 atom stereocenters. The van der Waals surface area contributed by atoms with E-state index in [2.05, 4.69) is 24.5 Å². The summed E-state index contributed by atoms with van der Waals surface area (Å²) in [5.41, 5.74) is -0.913. The van der Waals surface area contributed by atoms with Crippen LogP contribution in [-0.4, -0.2) is 94.3 Å². The van der Waals surface area contributed by atoms with E-state index in [1.165, 1.54) is 0 Å². The summed E-state index contributed by atoms with van der Waals surface area (Å²) < 4.78 is 25.8. The number of alkyl halides is 1. The lowest BCUT2D eigenvalue weighted by Crippen LogP contribution is -2.65. The van der Waals surface area contributed by atoms with Crippen molar-refractivity contribution >= 4 is 17.7 Å². The molecule has 0 spiro atoms. The predicted octanol–water partition coefficient (Wildman–Crippen LogP) is 1.38. The monoisotopic (exact) mass is 530 g/mol. The van der Waals surface area contributed by atoms with Crippen molar-refractivity contribution in [2.75, 3.05) is 19.8 Å². The standard InChI is InChI=1S/C26H43FN2O6S/c1-13(2)9-15-7-8-34-23-16(10-15)12-28-19(23)25(33)29-18-14(3)5-4-6-17(11-27)36-26-22(32)20(30)21(31)24(18)35-26/h4-5,13-24,26,28,30-32H,6-12H2,1-3H3,(H,29,33)/b5-4-/t14-,15+,16+,17+,18-,19?,20?,21?,22?,23-,24?,26?/m1/s1. The number of amides is 1. The zero-order chi connectivity index (χ0) is 26.0. The number of aliphatic hydroxyl groups is 3. The number of carbonyl (C=O) groups excluding carboxylic acids is 1. The molecule has 36 heavy (non-hydrogen) atoms. The molecule has 0 aromatic carbocycles. The normalized spacial score (nSPS) is 46.6. The van der Waals surface area contributed by atoms with Gasteiger partial charge in [-0.15, -0.1) is 11.8 Å². The van der Waals surface area contributed by atoms with Crippen LogP contribution >= 0.6 is 11.8 Å². The van der Waals surface area contributed by atoms with Crippen LogP contribution in [0, 0.1) is 23.7 Å². The van der Waals surface area contributed by atoms with Gasteiger partial charge in [0.05, 0.1) is 12.1 Å². The Labute approximate surface area is 217 Å². The van der Waals surface area contributed by atoms with Crippen molar-refractivity contribution < 1.29 is 34.0 Å². The summed E-state index contributed by atoms with van der Waals surface area (Å²) in [4.78, 5) is 13.6. The Morgan fingerprint density at radius 2 is 2.00 bits per heavy atom. The van der Waals surface area contributed by atoms with Crippen LogP contribution in [0.4, 0.5) is 4.39 Å². The Morgan fingerprint density at radius 1 is 1.22 bits per heavy atom. The van der Waals surface area contributed by atoms with Gasteiger partial charge in [-0.1, -0.05) is 32.9 Å². The summed E-state index contributed by atoms with van der Waals surface area (Å²) in [7, 11) is 0. The third kappa shape index (κ3) is 6.27. The molecular formula is C26H43FN2O6S. The number of hydrogen-bond donors (Lipinski definition) is 5. The highest BCUT2D eigenvalue weighted by Gasteiger charge is 2.50.